The Morgan fingerprint density at radius 2 is 2.15 bits per heavy atom. The van der Waals surface area contributed by atoms with Crippen molar-refractivity contribution >= 4 is 11.6 Å². The Labute approximate surface area is 83.1 Å². The number of hydrogen-bond acceptors (Lipinski definition) is 2. The van der Waals surface area contributed by atoms with Gasteiger partial charge in [-0.3, -0.25) is 0 Å². The molecule has 0 atom stereocenters. The monoisotopic (exact) mass is 200 g/mol. The number of halogens is 1. The van der Waals surface area contributed by atoms with Crippen molar-refractivity contribution in [2.45, 2.75) is 26.6 Å². The lowest BCUT2D eigenvalue weighted by atomic mass is 10.2. The van der Waals surface area contributed by atoms with E-state index in [-0.39, 0.29) is 11.9 Å². The van der Waals surface area contributed by atoms with E-state index in [0.717, 1.165) is 5.56 Å². The molecule has 0 bridgehead atoms. The lowest BCUT2D eigenvalue weighted by Gasteiger charge is -2.08. The van der Waals surface area contributed by atoms with Crippen molar-refractivity contribution in [1.29, 1.82) is 0 Å². The van der Waals surface area contributed by atoms with E-state index < -0.39 is 0 Å². The van der Waals surface area contributed by atoms with Gasteiger partial charge in [-0.1, -0.05) is 17.7 Å². The van der Waals surface area contributed by atoms with E-state index >= 15 is 0 Å². The molecule has 0 radical (unpaired) electrons. The summed E-state index contributed by atoms with van der Waals surface area (Å²) in [6, 6.07) is 5.01. The molecule has 0 aliphatic carbocycles. The second-order valence-electron chi connectivity index (χ2n) is 3.13. The SMILES string of the molecule is CC(C)OCc1ccc(Cl)cc1O. The maximum Gasteiger partial charge on any atom is 0.122 e. The van der Waals surface area contributed by atoms with Gasteiger partial charge in [0.2, 0.25) is 0 Å². The number of phenols is 1. The summed E-state index contributed by atoms with van der Waals surface area (Å²) in [7, 11) is 0. The summed E-state index contributed by atoms with van der Waals surface area (Å²) >= 11 is 5.68. The summed E-state index contributed by atoms with van der Waals surface area (Å²) in [5.74, 6) is 0.188. The van der Waals surface area contributed by atoms with Crippen molar-refractivity contribution in [1.82, 2.24) is 0 Å². The average Bonchev–Trinajstić information content (AvgIpc) is 2.02. The third kappa shape index (κ3) is 3.25. The molecule has 0 aliphatic rings. The van der Waals surface area contributed by atoms with Gasteiger partial charge in [0.25, 0.3) is 0 Å². The fraction of sp³-hybridized carbons (Fsp3) is 0.400. The van der Waals surface area contributed by atoms with Crippen LogP contribution < -0.4 is 0 Å². The molecule has 1 N–H and O–H groups in total. The fourth-order valence-corrected chi connectivity index (χ4v) is 1.08. The van der Waals surface area contributed by atoms with Gasteiger partial charge in [-0.15, -0.1) is 0 Å². The largest absolute Gasteiger partial charge is 0.508 e. The van der Waals surface area contributed by atoms with Gasteiger partial charge in [0, 0.05) is 10.6 Å². The van der Waals surface area contributed by atoms with E-state index in [1.54, 1.807) is 12.1 Å². The highest BCUT2D eigenvalue weighted by Crippen LogP contribution is 2.22. The van der Waals surface area contributed by atoms with Gasteiger partial charge in [0.15, 0.2) is 0 Å². The number of rotatable bonds is 3. The van der Waals surface area contributed by atoms with Crippen molar-refractivity contribution in [2.75, 3.05) is 0 Å². The van der Waals surface area contributed by atoms with Crippen LogP contribution in [0.1, 0.15) is 19.4 Å². The normalized spacial score (nSPS) is 10.8. The smallest absolute Gasteiger partial charge is 0.122 e. The molecular weight excluding hydrogens is 188 g/mol. The predicted octanol–water partition coefficient (Wildman–Crippen LogP) is 2.97. The molecular formula is C10H13ClO2. The Morgan fingerprint density at radius 3 is 2.69 bits per heavy atom. The van der Waals surface area contributed by atoms with Crippen LogP contribution in [-0.4, -0.2) is 11.2 Å². The van der Waals surface area contributed by atoms with Crippen LogP contribution in [-0.2, 0) is 11.3 Å². The van der Waals surface area contributed by atoms with Gasteiger partial charge in [0.05, 0.1) is 12.7 Å². The molecule has 3 heteroatoms. The Kier molecular flexibility index (Phi) is 3.58. The standard InChI is InChI=1S/C10H13ClO2/c1-7(2)13-6-8-3-4-9(11)5-10(8)12/h3-5,7,12H,6H2,1-2H3. The van der Waals surface area contributed by atoms with Crippen LogP contribution in [0.5, 0.6) is 5.75 Å². The first-order chi connectivity index (χ1) is 6.09. The molecule has 0 saturated heterocycles. The van der Waals surface area contributed by atoms with Crippen LogP contribution in [0.4, 0.5) is 0 Å². The van der Waals surface area contributed by atoms with E-state index in [1.807, 2.05) is 13.8 Å². The van der Waals surface area contributed by atoms with Crippen LogP contribution in [0.2, 0.25) is 5.02 Å². The average molecular weight is 201 g/mol. The molecule has 1 rings (SSSR count). The molecule has 0 aromatic heterocycles. The van der Waals surface area contributed by atoms with Gasteiger partial charge in [-0.25, -0.2) is 0 Å². The number of phenolic OH excluding ortho intramolecular Hbond substituents is 1. The zero-order chi connectivity index (χ0) is 9.84. The second kappa shape index (κ2) is 4.49. The van der Waals surface area contributed by atoms with Crippen molar-refractivity contribution in [2.24, 2.45) is 0 Å². The molecule has 0 saturated carbocycles. The third-order valence-electron chi connectivity index (χ3n) is 1.62. The fourth-order valence-electron chi connectivity index (χ4n) is 0.916. The minimum atomic E-state index is 0.162. The molecule has 0 spiro atoms. The van der Waals surface area contributed by atoms with Crippen molar-refractivity contribution < 1.29 is 9.84 Å². The van der Waals surface area contributed by atoms with Crippen LogP contribution >= 0.6 is 11.6 Å². The molecule has 2 nitrogen and oxygen atoms in total. The molecule has 0 fully saturated rings. The van der Waals surface area contributed by atoms with Gasteiger partial charge in [-0.2, -0.15) is 0 Å². The Hall–Kier alpha value is -0.730. The molecule has 1 aromatic carbocycles. The summed E-state index contributed by atoms with van der Waals surface area (Å²) in [5, 5.41) is 9.97. The molecule has 0 amide bonds. The van der Waals surface area contributed by atoms with Gasteiger partial charge < -0.3 is 9.84 Å². The maximum absolute atomic E-state index is 9.44. The van der Waals surface area contributed by atoms with Gasteiger partial charge >= 0.3 is 0 Å². The van der Waals surface area contributed by atoms with E-state index in [9.17, 15) is 5.11 Å². The molecule has 1 aromatic rings. The minimum Gasteiger partial charge on any atom is -0.508 e. The van der Waals surface area contributed by atoms with Crippen LogP contribution in [0.15, 0.2) is 18.2 Å². The van der Waals surface area contributed by atoms with Crippen molar-refractivity contribution in [3.05, 3.63) is 28.8 Å². The quantitative estimate of drug-likeness (QED) is 0.813. The predicted molar refractivity (Wildman–Crippen MR) is 53.0 cm³/mol. The summed E-state index contributed by atoms with van der Waals surface area (Å²) in [6.45, 7) is 4.32. The zero-order valence-electron chi connectivity index (χ0n) is 7.75. The van der Waals surface area contributed by atoms with E-state index in [1.165, 1.54) is 6.07 Å². The first-order valence-corrected chi connectivity index (χ1v) is 4.56. The van der Waals surface area contributed by atoms with E-state index in [2.05, 4.69) is 0 Å². The minimum absolute atomic E-state index is 0.162. The molecule has 72 valence electrons. The number of benzene rings is 1. The maximum atomic E-state index is 9.44. The summed E-state index contributed by atoms with van der Waals surface area (Å²) in [5.41, 5.74) is 0.762. The summed E-state index contributed by atoms with van der Waals surface area (Å²) in [6.07, 6.45) is 0.162. The molecule has 13 heavy (non-hydrogen) atoms. The lowest BCUT2D eigenvalue weighted by molar-refractivity contribution is 0.0645. The molecule has 0 unspecified atom stereocenters. The van der Waals surface area contributed by atoms with E-state index in [4.69, 9.17) is 16.3 Å². The number of ether oxygens (including phenoxy) is 1. The van der Waals surface area contributed by atoms with Gasteiger partial charge in [0.1, 0.15) is 5.75 Å². The highest BCUT2D eigenvalue weighted by molar-refractivity contribution is 6.30. The Morgan fingerprint density at radius 1 is 1.46 bits per heavy atom. The van der Waals surface area contributed by atoms with Gasteiger partial charge in [-0.05, 0) is 26.0 Å². The first kappa shape index (κ1) is 10.4. The summed E-state index contributed by atoms with van der Waals surface area (Å²) < 4.78 is 5.35. The molecule has 0 aliphatic heterocycles. The Balaban J connectivity index is 2.67. The topological polar surface area (TPSA) is 29.5 Å². The third-order valence-corrected chi connectivity index (χ3v) is 1.85. The number of hydrogen-bond donors (Lipinski definition) is 1. The Bertz CT molecular complexity index is 284. The van der Waals surface area contributed by atoms with Crippen LogP contribution in [0.25, 0.3) is 0 Å². The second-order valence-corrected chi connectivity index (χ2v) is 3.57. The highest BCUT2D eigenvalue weighted by atomic mass is 35.5. The van der Waals surface area contributed by atoms with Crippen molar-refractivity contribution in [3.63, 3.8) is 0 Å². The summed E-state index contributed by atoms with van der Waals surface area (Å²) in [4.78, 5) is 0. The highest BCUT2D eigenvalue weighted by Gasteiger charge is 2.02. The lowest BCUT2D eigenvalue weighted by Crippen LogP contribution is -2.02. The van der Waals surface area contributed by atoms with E-state index in [0.29, 0.717) is 11.6 Å². The molecule has 0 heterocycles. The first-order valence-electron chi connectivity index (χ1n) is 4.18. The van der Waals surface area contributed by atoms with Crippen LogP contribution in [0, 0.1) is 0 Å². The van der Waals surface area contributed by atoms with Crippen LogP contribution in [0.3, 0.4) is 0 Å². The van der Waals surface area contributed by atoms with Crippen molar-refractivity contribution in [3.8, 4) is 5.75 Å². The number of aromatic hydroxyl groups is 1. The zero-order valence-corrected chi connectivity index (χ0v) is 8.51.